The largest absolute Gasteiger partial charge is 0.343 e. The minimum Gasteiger partial charge on any atom is -0.343 e. The van der Waals surface area contributed by atoms with E-state index < -0.39 is 12.1 Å². The molecule has 3 N–H and O–H groups in total. The second-order valence-corrected chi connectivity index (χ2v) is 8.44. The highest BCUT2D eigenvalue weighted by Crippen LogP contribution is 2.29. The van der Waals surface area contributed by atoms with E-state index in [0.29, 0.717) is 13.0 Å². The average molecular weight is 415 g/mol. The van der Waals surface area contributed by atoms with Crippen LogP contribution in [0, 0.1) is 5.92 Å². The van der Waals surface area contributed by atoms with Crippen molar-refractivity contribution in [1.29, 1.82) is 0 Å². The number of carbonyl (C=O) groups excluding carboxylic acids is 3. The van der Waals surface area contributed by atoms with Gasteiger partial charge in [-0.15, -0.1) is 0 Å². The molecule has 2 aliphatic rings. The lowest BCUT2D eigenvalue weighted by Crippen LogP contribution is -2.57. The third-order valence-corrected chi connectivity index (χ3v) is 6.39. The van der Waals surface area contributed by atoms with E-state index in [1.165, 1.54) is 6.42 Å². The Bertz CT molecular complexity index is 733. The van der Waals surface area contributed by atoms with Gasteiger partial charge in [-0.05, 0) is 57.7 Å². The number of rotatable bonds is 7. The summed E-state index contributed by atoms with van der Waals surface area (Å²) in [4.78, 5) is 40.7. The molecule has 3 atom stereocenters. The van der Waals surface area contributed by atoms with Gasteiger partial charge in [0.15, 0.2) is 0 Å². The normalized spacial score (nSPS) is 21.7. The monoisotopic (exact) mass is 414 g/mol. The lowest BCUT2D eigenvalue weighted by Gasteiger charge is -2.35. The zero-order chi connectivity index (χ0) is 21.5. The molecule has 0 bridgehead atoms. The van der Waals surface area contributed by atoms with Gasteiger partial charge in [0.1, 0.15) is 12.1 Å². The minimum atomic E-state index is -0.571. The third-order valence-electron chi connectivity index (χ3n) is 6.39. The summed E-state index contributed by atoms with van der Waals surface area (Å²) in [5.41, 5.74) is 0.724. The van der Waals surface area contributed by atoms with Crippen LogP contribution in [-0.4, -0.2) is 54.3 Å². The van der Waals surface area contributed by atoms with E-state index in [0.717, 1.165) is 37.8 Å². The van der Waals surface area contributed by atoms with Crippen LogP contribution < -0.4 is 16.0 Å². The summed E-state index contributed by atoms with van der Waals surface area (Å²) in [7, 11) is 1.73. The second-order valence-electron chi connectivity index (χ2n) is 8.44. The maximum atomic E-state index is 13.6. The number of benzene rings is 1. The molecule has 1 aliphatic heterocycles. The summed E-state index contributed by atoms with van der Waals surface area (Å²) in [6.45, 7) is 2.33. The van der Waals surface area contributed by atoms with Crippen LogP contribution in [0.15, 0.2) is 30.3 Å². The molecule has 0 spiro atoms. The minimum absolute atomic E-state index is 0.121. The van der Waals surface area contributed by atoms with Crippen LogP contribution in [0.5, 0.6) is 0 Å². The van der Waals surface area contributed by atoms with Crippen LogP contribution in [0.25, 0.3) is 0 Å². The Morgan fingerprint density at radius 3 is 2.37 bits per heavy atom. The predicted octanol–water partition coefficient (Wildman–Crippen LogP) is 2.29. The summed E-state index contributed by atoms with van der Waals surface area (Å²) in [5.74, 6) is -0.336. The van der Waals surface area contributed by atoms with Crippen molar-refractivity contribution in [3.05, 3.63) is 30.3 Å². The maximum absolute atomic E-state index is 13.6. The fraction of sp³-hybridized carbons (Fsp3) is 0.609. The molecule has 0 radical (unpaired) electrons. The van der Waals surface area contributed by atoms with E-state index in [1.54, 1.807) is 18.9 Å². The van der Waals surface area contributed by atoms with Crippen molar-refractivity contribution in [3.8, 4) is 0 Å². The van der Waals surface area contributed by atoms with Gasteiger partial charge in [0.2, 0.25) is 17.7 Å². The molecule has 1 heterocycles. The number of amides is 3. The Kier molecular flexibility index (Phi) is 7.85. The van der Waals surface area contributed by atoms with Crippen LogP contribution in [0.1, 0.15) is 51.9 Å². The number of likely N-dealkylation sites (tertiary alicyclic amines) is 1. The molecule has 30 heavy (non-hydrogen) atoms. The van der Waals surface area contributed by atoms with Crippen LogP contribution >= 0.6 is 0 Å². The van der Waals surface area contributed by atoms with E-state index in [4.69, 9.17) is 0 Å². The molecular weight excluding hydrogens is 380 g/mol. The molecule has 1 aromatic carbocycles. The Labute approximate surface area is 179 Å². The van der Waals surface area contributed by atoms with E-state index in [9.17, 15) is 14.4 Å². The van der Waals surface area contributed by atoms with Gasteiger partial charge in [-0.25, -0.2) is 0 Å². The Morgan fingerprint density at radius 2 is 1.70 bits per heavy atom. The van der Waals surface area contributed by atoms with Gasteiger partial charge in [0, 0.05) is 12.2 Å². The molecule has 1 saturated heterocycles. The molecule has 1 aromatic rings. The summed E-state index contributed by atoms with van der Waals surface area (Å²) < 4.78 is 0. The van der Waals surface area contributed by atoms with Crippen molar-refractivity contribution in [2.75, 3.05) is 18.9 Å². The van der Waals surface area contributed by atoms with Gasteiger partial charge in [-0.3, -0.25) is 14.4 Å². The molecular formula is C23H34N4O3. The van der Waals surface area contributed by atoms with Crippen molar-refractivity contribution in [3.63, 3.8) is 0 Å². The Balaban J connectivity index is 1.74. The van der Waals surface area contributed by atoms with E-state index in [1.807, 2.05) is 30.3 Å². The van der Waals surface area contributed by atoms with Crippen molar-refractivity contribution >= 4 is 23.4 Å². The van der Waals surface area contributed by atoms with E-state index in [2.05, 4.69) is 16.0 Å². The number of nitrogens with one attached hydrogen (secondary N) is 3. The number of carbonyl (C=O) groups is 3. The van der Waals surface area contributed by atoms with Crippen LogP contribution in [-0.2, 0) is 14.4 Å². The van der Waals surface area contributed by atoms with Crippen molar-refractivity contribution in [1.82, 2.24) is 15.5 Å². The molecule has 1 saturated carbocycles. The van der Waals surface area contributed by atoms with Crippen LogP contribution in [0.3, 0.4) is 0 Å². The molecule has 3 rings (SSSR count). The number of para-hydroxylation sites is 1. The molecule has 164 valence electrons. The zero-order valence-corrected chi connectivity index (χ0v) is 18.0. The lowest BCUT2D eigenvalue weighted by atomic mass is 9.83. The first-order valence-electron chi connectivity index (χ1n) is 11.1. The molecule has 1 aliphatic carbocycles. The zero-order valence-electron chi connectivity index (χ0n) is 18.0. The lowest BCUT2D eigenvalue weighted by molar-refractivity contribution is -0.142. The number of nitrogens with zero attached hydrogens (tertiary/aromatic N) is 1. The number of hydrogen-bond acceptors (Lipinski definition) is 4. The molecule has 3 amide bonds. The van der Waals surface area contributed by atoms with Gasteiger partial charge >= 0.3 is 0 Å². The first-order valence-corrected chi connectivity index (χ1v) is 11.1. The van der Waals surface area contributed by atoms with Gasteiger partial charge in [0.05, 0.1) is 6.04 Å². The summed E-state index contributed by atoms with van der Waals surface area (Å²) in [6.07, 6.45) is 6.61. The third kappa shape index (κ3) is 5.39. The first-order chi connectivity index (χ1) is 14.5. The SMILES string of the molecule is CN[C@@H](C)C(=O)N[C@H](C(=O)N1CCC[C@H]1C(=O)Nc1ccccc1)C1CCCCC1. The fourth-order valence-electron chi connectivity index (χ4n) is 4.49. The average Bonchev–Trinajstić information content (AvgIpc) is 3.27. The Morgan fingerprint density at radius 1 is 1.00 bits per heavy atom. The molecule has 0 aromatic heterocycles. The maximum Gasteiger partial charge on any atom is 0.247 e. The standard InChI is InChI=1S/C23H34N4O3/c1-16(24-2)21(28)26-20(17-10-5-3-6-11-17)23(30)27-15-9-14-19(27)22(29)25-18-12-7-4-8-13-18/h4,7-8,12-13,16-17,19-20,24H,3,5-6,9-11,14-15H2,1-2H3,(H,25,29)(H,26,28)/t16-,19-,20-/m0/s1. The van der Waals surface area contributed by atoms with Crippen LogP contribution in [0.4, 0.5) is 5.69 Å². The summed E-state index contributed by atoms with van der Waals surface area (Å²) in [6, 6.07) is 7.85. The number of likely N-dealkylation sites (N-methyl/N-ethyl adjacent to an activating group) is 1. The summed E-state index contributed by atoms with van der Waals surface area (Å²) >= 11 is 0. The second kappa shape index (κ2) is 10.6. The quantitative estimate of drug-likeness (QED) is 0.639. The summed E-state index contributed by atoms with van der Waals surface area (Å²) in [5, 5.41) is 8.86. The highest BCUT2D eigenvalue weighted by molar-refractivity contribution is 5.99. The number of hydrogen-bond donors (Lipinski definition) is 3. The van der Waals surface area contributed by atoms with Gasteiger partial charge in [-0.1, -0.05) is 37.5 Å². The molecule has 0 unspecified atom stereocenters. The fourth-order valence-corrected chi connectivity index (χ4v) is 4.49. The topological polar surface area (TPSA) is 90.5 Å². The van der Waals surface area contributed by atoms with Crippen molar-refractivity contribution in [2.24, 2.45) is 5.92 Å². The first kappa shape index (κ1) is 22.3. The molecule has 2 fully saturated rings. The van der Waals surface area contributed by atoms with E-state index in [-0.39, 0.29) is 29.7 Å². The van der Waals surface area contributed by atoms with Crippen molar-refractivity contribution in [2.45, 2.75) is 70.0 Å². The molecule has 7 heteroatoms. The smallest absolute Gasteiger partial charge is 0.247 e. The highest BCUT2D eigenvalue weighted by Gasteiger charge is 2.40. The van der Waals surface area contributed by atoms with Gasteiger partial charge in [-0.2, -0.15) is 0 Å². The highest BCUT2D eigenvalue weighted by atomic mass is 16.2. The van der Waals surface area contributed by atoms with Gasteiger partial charge < -0.3 is 20.9 Å². The van der Waals surface area contributed by atoms with Crippen molar-refractivity contribution < 1.29 is 14.4 Å². The molecule has 7 nitrogen and oxygen atoms in total. The van der Waals surface area contributed by atoms with Crippen LogP contribution in [0.2, 0.25) is 0 Å². The van der Waals surface area contributed by atoms with Gasteiger partial charge in [0.25, 0.3) is 0 Å². The Hall–Kier alpha value is -2.41. The predicted molar refractivity (Wildman–Crippen MR) is 117 cm³/mol. The number of anilines is 1. The van der Waals surface area contributed by atoms with E-state index >= 15 is 0 Å².